The molecule has 0 bridgehead atoms. The molecule has 39 heavy (non-hydrogen) atoms. The highest BCUT2D eigenvalue weighted by atomic mass is 15.1. The topological polar surface area (TPSA) is 3.24 Å². The summed E-state index contributed by atoms with van der Waals surface area (Å²) in [5.41, 5.74) is 4.57. The Bertz CT molecular complexity index is 1970. The van der Waals surface area contributed by atoms with E-state index in [1.165, 1.54) is 16.2 Å². The summed E-state index contributed by atoms with van der Waals surface area (Å²) >= 11 is 0. The van der Waals surface area contributed by atoms with Crippen molar-refractivity contribution in [2.75, 3.05) is 4.90 Å². The Morgan fingerprint density at radius 3 is 1.28 bits per heavy atom. The second kappa shape index (κ2) is 9.96. The van der Waals surface area contributed by atoms with Gasteiger partial charge >= 0.3 is 0 Å². The molecule has 0 N–H and O–H groups in total. The van der Waals surface area contributed by atoms with Crippen molar-refractivity contribution in [1.82, 2.24) is 0 Å². The highest BCUT2D eigenvalue weighted by molar-refractivity contribution is 6.25. The average Bonchev–Trinajstić information content (AvgIpc) is 3.05. The molecule has 0 amide bonds. The monoisotopic (exact) mass is 499 g/mol. The molecule has 0 radical (unpaired) electrons. The summed E-state index contributed by atoms with van der Waals surface area (Å²) in [5.74, 6) is 0. The molecule has 0 aliphatic heterocycles. The SMILES string of the molecule is [2H]/C(=C(/[2H])c1ccc2c3ccccc3c3ccccc3c2c1)c1ccc(N(c2ccccc2)c2ccccc2)cc1. The molecule has 7 aromatic rings. The maximum Gasteiger partial charge on any atom is 0.0629 e. The quantitative estimate of drug-likeness (QED) is 0.168. The van der Waals surface area contributed by atoms with Crippen molar-refractivity contribution in [2.24, 2.45) is 0 Å². The van der Waals surface area contributed by atoms with Crippen LogP contribution in [0.15, 0.2) is 152 Å². The van der Waals surface area contributed by atoms with E-state index >= 15 is 0 Å². The second-order valence-corrected chi connectivity index (χ2v) is 9.65. The van der Waals surface area contributed by atoms with Crippen LogP contribution in [0.1, 0.15) is 13.9 Å². The molecule has 184 valence electrons. The zero-order chi connectivity index (χ0) is 27.8. The minimum Gasteiger partial charge on any atom is -0.311 e. The summed E-state index contributed by atoms with van der Waals surface area (Å²) in [6.07, 6.45) is 0. The van der Waals surface area contributed by atoms with Crippen LogP contribution in [-0.4, -0.2) is 0 Å². The summed E-state index contributed by atoms with van der Waals surface area (Å²) in [4.78, 5) is 2.19. The molecule has 0 saturated heterocycles. The number of para-hydroxylation sites is 2. The van der Waals surface area contributed by atoms with Gasteiger partial charge < -0.3 is 4.90 Å². The number of benzene rings is 7. The summed E-state index contributed by atoms with van der Waals surface area (Å²) in [6.45, 7) is 0. The van der Waals surface area contributed by atoms with E-state index in [1.807, 2.05) is 66.7 Å². The first kappa shape index (κ1) is 20.9. The fourth-order valence-electron chi connectivity index (χ4n) is 5.42. The Hall–Kier alpha value is -5.14. The van der Waals surface area contributed by atoms with E-state index < -0.39 is 0 Å². The van der Waals surface area contributed by atoms with Crippen LogP contribution in [0.2, 0.25) is 0 Å². The van der Waals surface area contributed by atoms with Gasteiger partial charge in [0.15, 0.2) is 0 Å². The molecule has 0 aliphatic carbocycles. The van der Waals surface area contributed by atoms with E-state index in [-0.39, 0.29) is 12.1 Å². The van der Waals surface area contributed by atoms with E-state index in [4.69, 9.17) is 2.74 Å². The summed E-state index contributed by atoms with van der Waals surface area (Å²) in [6, 6.07) is 51.9. The molecular formula is C38H27N. The number of rotatable bonds is 5. The molecule has 1 nitrogen and oxygen atoms in total. The standard InChI is InChI=1S/C38H27N/c1-3-11-30(12-4-1)39(31-13-5-2-6-14-31)32-24-21-28(22-25-32)19-20-29-23-26-37-35-17-8-7-15-33(35)34-16-9-10-18-36(34)38(37)27-29/h1-27H/b20-19+/i19D,20D. The van der Waals surface area contributed by atoms with E-state index in [9.17, 15) is 0 Å². The summed E-state index contributed by atoms with van der Waals surface area (Å²) < 4.78 is 17.9. The zero-order valence-electron chi connectivity index (χ0n) is 23.4. The van der Waals surface area contributed by atoms with Crippen molar-refractivity contribution < 1.29 is 2.74 Å². The van der Waals surface area contributed by atoms with Crippen molar-refractivity contribution in [2.45, 2.75) is 0 Å². The molecule has 0 fully saturated rings. The van der Waals surface area contributed by atoms with Crippen LogP contribution in [0.3, 0.4) is 0 Å². The van der Waals surface area contributed by atoms with Crippen molar-refractivity contribution in [3.8, 4) is 0 Å². The smallest absolute Gasteiger partial charge is 0.0629 e. The Morgan fingerprint density at radius 1 is 0.359 bits per heavy atom. The highest BCUT2D eigenvalue weighted by Crippen LogP contribution is 2.36. The third-order valence-electron chi connectivity index (χ3n) is 7.25. The van der Waals surface area contributed by atoms with Gasteiger partial charge in [0, 0.05) is 17.1 Å². The van der Waals surface area contributed by atoms with Crippen LogP contribution in [-0.2, 0) is 0 Å². The van der Waals surface area contributed by atoms with Crippen molar-refractivity contribution in [1.29, 1.82) is 0 Å². The molecule has 7 rings (SSSR count). The summed E-state index contributed by atoms with van der Waals surface area (Å²) in [7, 11) is 0. The fourth-order valence-corrected chi connectivity index (χ4v) is 5.42. The van der Waals surface area contributed by atoms with Crippen LogP contribution in [0.5, 0.6) is 0 Å². The van der Waals surface area contributed by atoms with Gasteiger partial charge in [-0.1, -0.05) is 121 Å². The lowest BCUT2D eigenvalue weighted by Crippen LogP contribution is -2.09. The fraction of sp³-hybridized carbons (Fsp3) is 0. The lowest BCUT2D eigenvalue weighted by Gasteiger charge is -2.25. The number of nitrogens with zero attached hydrogens (tertiary/aromatic N) is 1. The minimum atomic E-state index is 0.201. The minimum absolute atomic E-state index is 0.201. The van der Waals surface area contributed by atoms with Crippen molar-refractivity contribution >= 4 is 61.5 Å². The normalized spacial score (nSPS) is 12.7. The van der Waals surface area contributed by atoms with Crippen LogP contribution >= 0.6 is 0 Å². The van der Waals surface area contributed by atoms with Gasteiger partial charge in [-0.15, -0.1) is 0 Å². The van der Waals surface area contributed by atoms with Crippen molar-refractivity contribution in [3.63, 3.8) is 0 Å². The molecule has 0 atom stereocenters. The Labute approximate surface area is 231 Å². The molecule has 0 saturated carbocycles. The van der Waals surface area contributed by atoms with E-state index in [2.05, 4.69) is 89.8 Å². The molecule has 0 heterocycles. The van der Waals surface area contributed by atoms with Gasteiger partial charge in [0.05, 0.1) is 2.74 Å². The first-order valence-corrected chi connectivity index (χ1v) is 13.2. The lowest BCUT2D eigenvalue weighted by atomic mass is 9.93. The van der Waals surface area contributed by atoms with Crippen molar-refractivity contribution in [3.05, 3.63) is 163 Å². The van der Waals surface area contributed by atoms with Gasteiger partial charge in [0.25, 0.3) is 0 Å². The van der Waals surface area contributed by atoms with E-state index in [0.717, 1.165) is 38.8 Å². The van der Waals surface area contributed by atoms with Gasteiger partial charge in [0.2, 0.25) is 0 Å². The first-order chi connectivity index (χ1) is 20.2. The molecule has 0 aromatic heterocycles. The Balaban J connectivity index is 1.30. The number of hydrogen-bond donors (Lipinski definition) is 0. The van der Waals surface area contributed by atoms with Crippen LogP contribution < -0.4 is 4.90 Å². The van der Waals surface area contributed by atoms with Gasteiger partial charge in [-0.25, -0.2) is 0 Å². The van der Waals surface area contributed by atoms with Crippen LogP contribution in [0.25, 0.3) is 44.4 Å². The third-order valence-corrected chi connectivity index (χ3v) is 7.25. The second-order valence-electron chi connectivity index (χ2n) is 9.65. The molecule has 1 heteroatoms. The molecule has 0 spiro atoms. The Kier molecular flexibility index (Phi) is 5.33. The third kappa shape index (κ3) is 4.35. The van der Waals surface area contributed by atoms with Gasteiger partial charge in [-0.3, -0.25) is 0 Å². The molecule has 0 aliphatic rings. The van der Waals surface area contributed by atoms with E-state index in [1.54, 1.807) is 0 Å². The molecule has 7 aromatic carbocycles. The van der Waals surface area contributed by atoms with Gasteiger partial charge in [0.1, 0.15) is 0 Å². The average molecular weight is 500 g/mol. The van der Waals surface area contributed by atoms with E-state index in [0.29, 0.717) is 5.56 Å². The number of anilines is 3. The predicted molar refractivity (Wildman–Crippen MR) is 169 cm³/mol. The summed E-state index contributed by atoms with van der Waals surface area (Å²) in [5, 5.41) is 7.05. The molecule has 0 unspecified atom stereocenters. The van der Waals surface area contributed by atoms with Crippen LogP contribution in [0, 0.1) is 0 Å². The largest absolute Gasteiger partial charge is 0.311 e. The molecular weight excluding hydrogens is 470 g/mol. The number of fused-ring (bicyclic) bond motifs is 6. The van der Waals surface area contributed by atoms with Gasteiger partial charge in [-0.2, -0.15) is 0 Å². The lowest BCUT2D eigenvalue weighted by molar-refractivity contribution is 1.28. The maximum absolute atomic E-state index is 8.99. The zero-order valence-corrected chi connectivity index (χ0v) is 21.4. The van der Waals surface area contributed by atoms with Crippen LogP contribution in [0.4, 0.5) is 17.1 Å². The van der Waals surface area contributed by atoms with Gasteiger partial charge in [-0.05, 0) is 85.9 Å². The maximum atomic E-state index is 8.99. The first-order valence-electron chi connectivity index (χ1n) is 14.2. The highest BCUT2D eigenvalue weighted by Gasteiger charge is 2.11. The Morgan fingerprint density at radius 2 is 0.744 bits per heavy atom. The number of hydrogen-bond acceptors (Lipinski definition) is 1. The predicted octanol–water partition coefficient (Wildman–Crippen LogP) is 10.8.